The maximum atomic E-state index is 4.87. The van der Waals surface area contributed by atoms with Crippen LogP contribution in [-0.2, 0) is 0 Å². The summed E-state index contributed by atoms with van der Waals surface area (Å²) in [5.41, 5.74) is 12.9. The molecule has 0 saturated heterocycles. The Bertz CT molecular complexity index is 4980. The van der Waals surface area contributed by atoms with Crippen molar-refractivity contribution < 1.29 is 0 Å². The zero-order chi connectivity index (χ0) is 50.0. The van der Waals surface area contributed by atoms with Crippen molar-refractivity contribution in [3.63, 3.8) is 0 Å². The first-order valence-corrected chi connectivity index (χ1v) is 26.7. The maximum absolute atomic E-state index is 4.87. The minimum atomic E-state index is 0.208. The summed E-state index contributed by atoms with van der Waals surface area (Å²) in [4.78, 5) is 2.36. The van der Waals surface area contributed by atoms with Gasteiger partial charge < -0.3 is 18.6 Å². The van der Waals surface area contributed by atoms with Crippen LogP contribution in [0.2, 0.25) is 0 Å². The third kappa shape index (κ3) is 6.57. The molecule has 16 rings (SSSR count). The highest BCUT2D eigenvalue weighted by Crippen LogP contribution is 2.41. The zero-order valence-corrected chi connectivity index (χ0v) is 41.9. The summed E-state index contributed by atoms with van der Waals surface area (Å²) >= 11 is 0. The Morgan fingerprint density at radius 1 is 0.395 bits per heavy atom. The SMILES string of the molecule is C=c1cc2c3ccc4c(c3)c3cc(ccc3n4C3C=CC=CC3)c3ccc4c(c3)c3cc(ccc3n4-c3ccccc3)c3ccc4c(c3)c3cc(ccc3n4-c3ccccc3)c3ccc(c1c3)N(C1=CCCC=C1)/C=C\2. The molecule has 3 aliphatic rings. The van der Waals surface area contributed by atoms with Gasteiger partial charge >= 0.3 is 0 Å². The molecule has 13 aromatic rings. The molecule has 1 atom stereocenters. The van der Waals surface area contributed by atoms with Crippen LogP contribution in [0.4, 0.5) is 5.69 Å². The molecule has 3 aromatic heterocycles. The monoisotopic (exact) mass is 970 g/mol. The standard InChI is InChI=1S/C72H50N4/c1-46-38-54-36-37-73(55-14-6-2-7-15-55)66-29-22-47(39-59(46)66)48-23-30-67-60(40-48)61-41-49(24-31-68(61)74(67)56-16-8-3-9-17-56)50-25-32-69-62(42-50)63-43-51(26-33-70(63)75(69)57-18-10-4-11-19-57)52-27-34-71-64(44-52)65-45-53(54)28-35-72(65)76(71)58-20-12-5-13-21-58/h3-6,8-20,22-45,58H,1-2,7,21H2/b37-36-,54-38?. The molecule has 0 N–H and O–H groups in total. The second-order valence-electron chi connectivity index (χ2n) is 20.9. The van der Waals surface area contributed by atoms with E-state index in [9.17, 15) is 0 Å². The summed E-state index contributed by atoms with van der Waals surface area (Å²) in [7, 11) is 0. The predicted octanol–water partition coefficient (Wildman–Crippen LogP) is 18.5. The summed E-state index contributed by atoms with van der Waals surface area (Å²) < 4.78 is 7.41. The van der Waals surface area contributed by atoms with Crippen molar-refractivity contribution in [3.8, 4) is 11.4 Å². The van der Waals surface area contributed by atoms with Crippen molar-refractivity contribution >= 4 is 127 Å². The van der Waals surface area contributed by atoms with Gasteiger partial charge in [-0.3, -0.25) is 0 Å². The highest BCUT2D eigenvalue weighted by molar-refractivity contribution is 6.18. The van der Waals surface area contributed by atoms with Gasteiger partial charge in [0.15, 0.2) is 0 Å². The molecule has 4 heterocycles. The van der Waals surface area contributed by atoms with E-state index < -0.39 is 0 Å². The normalized spacial score (nSPS) is 15.7. The van der Waals surface area contributed by atoms with Gasteiger partial charge in [-0.15, -0.1) is 0 Å². The smallest absolute Gasteiger partial charge is 0.0560 e. The highest BCUT2D eigenvalue weighted by atomic mass is 15.1. The summed E-state index contributed by atoms with van der Waals surface area (Å²) in [5, 5.41) is 17.7. The first-order valence-electron chi connectivity index (χ1n) is 26.7. The van der Waals surface area contributed by atoms with Crippen molar-refractivity contribution in [3.05, 3.63) is 259 Å². The fraction of sp³-hybridized carbons (Fsp3) is 0.0556. The summed E-state index contributed by atoms with van der Waals surface area (Å²) in [5.74, 6) is 0. The Balaban J connectivity index is 1.06. The number of hydrogen-bond donors (Lipinski definition) is 0. The molecule has 0 saturated carbocycles. The van der Waals surface area contributed by atoms with Crippen LogP contribution in [0.25, 0.3) is 133 Å². The minimum absolute atomic E-state index is 0.208. The molecule has 358 valence electrons. The summed E-state index contributed by atoms with van der Waals surface area (Å²) in [6.07, 6.45) is 23.5. The van der Waals surface area contributed by atoms with E-state index in [-0.39, 0.29) is 6.04 Å². The van der Waals surface area contributed by atoms with Crippen LogP contribution in [0.5, 0.6) is 0 Å². The van der Waals surface area contributed by atoms with Crippen LogP contribution in [-0.4, -0.2) is 13.7 Å². The van der Waals surface area contributed by atoms with Gasteiger partial charge in [-0.05, 0) is 195 Å². The lowest BCUT2D eigenvalue weighted by Crippen LogP contribution is -2.18. The fourth-order valence-corrected chi connectivity index (χ4v) is 12.9. The van der Waals surface area contributed by atoms with Crippen molar-refractivity contribution in [1.82, 2.24) is 13.7 Å². The van der Waals surface area contributed by atoms with Crippen LogP contribution in [0.15, 0.2) is 249 Å². The van der Waals surface area contributed by atoms with Gasteiger partial charge in [0.1, 0.15) is 0 Å². The Kier molecular flexibility index (Phi) is 9.41. The first-order chi connectivity index (χ1) is 37.6. The fourth-order valence-electron chi connectivity index (χ4n) is 12.9. The van der Waals surface area contributed by atoms with E-state index >= 15 is 0 Å². The number of benzene rings is 9. The molecule has 15 bridgehead atoms. The number of fused-ring (bicyclic) bond motifs is 13. The molecule has 76 heavy (non-hydrogen) atoms. The first kappa shape index (κ1) is 42.8. The van der Waals surface area contributed by atoms with E-state index in [0.29, 0.717) is 0 Å². The highest BCUT2D eigenvalue weighted by Gasteiger charge is 2.21. The average molecular weight is 971 g/mol. The van der Waals surface area contributed by atoms with E-state index in [1.54, 1.807) is 0 Å². The van der Waals surface area contributed by atoms with Crippen molar-refractivity contribution in [2.45, 2.75) is 25.3 Å². The number of para-hydroxylation sites is 2. The largest absolute Gasteiger partial charge is 0.333 e. The predicted molar refractivity (Wildman–Crippen MR) is 325 cm³/mol. The number of aromatic nitrogens is 3. The topological polar surface area (TPSA) is 18.0 Å². The van der Waals surface area contributed by atoms with E-state index in [4.69, 9.17) is 6.58 Å². The lowest BCUT2D eigenvalue weighted by atomic mass is 10.0. The van der Waals surface area contributed by atoms with Crippen LogP contribution < -0.4 is 10.1 Å². The summed E-state index contributed by atoms with van der Waals surface area (Å²) in [6.45, 7) is 4.87. The number of hydrogen-bond acceptors (Lipinski definition) is 1. The third-order valence-electron chi connectivity index (χ3n) is 16.6. The maximum Gasteiger partial charge on any atom is 0.0560 e. The average Bonchev–Trinajstić information content (AvgIpc) is 4.19. The molecular weight excluding hydrogens is 921 g/mol. The molecule has 0 radical (unpaired) electrons. The number of anilines is 1. The van der Waals surface area contributed by atoms with Gasteiger partial charge in [-0.2, -0.15) is 0 Å². The van der Waals surface area contributed by atoms with Gasteiger partial charge in [0.05, 0.1) is 33.8 Å². The second-order valence-corrected chi connectivity index (χ2v) is 20.9. The van der Waals surface area contributed by atoms with Crippen molar-refractivity contribution in [2.24, 2.45) is 0 Å². The molecule has 1 aliphatic heterocycles. The Labute approximate surface area is 439 Å². The second kappa shape index (κ2) is 16.7. The Morgan fingerprint density at radius 3 is 1.34 bits per heavy atom. The van der Waals surface area contributed by atoms with Gasteiger partial charge in [-0.1, -0.05) is 122 Å². The van der Waals surface area contributed by atoms with Gasteiger partial charge in [0.25, 0.3) is 0 Å². The molecule has 4 heteroatoms. The minimum Gasteiger partial charge on any atom is -0.333 e. The third-order valence-corrected chi connectivity index (χ3v) is 16.6. The quantitative estimate of drug-likeness (QED) is 0.172. The number of allylic oxidation sites excluding steroid dienone is 7. The molecule has 2 aliphatic carbocycles. The van der Waals surface area contributed by atoms with Gasteiger partial charge in [-0.25, -0.2) is 0 Å². The van der Waals surface area contributed by atoms with Crippen LogP contribution in [0, 0.1) is 0 Å². The van der Waals surface area contributed by atoms with Crippen LogP contribution in [0.3, 0.4) is 0 Å². The Hall–Kier alpha value is -9.64. The van der Waals surface area contributed by atoms with E-state index in [1.807, 2.05) is 0 Å². The summed E-state index contributed by atoms with van der Waals surface area (Å²) in [6, 6.07) is 73.5. The number of nitrogens with zero attached hydrogens (tertiary/aromatic N) is 4. The lowest BCUT2D eigenvalue weighted by Gasteiger charge is -2.25. The van der Waals surface area contributed by atoms with Gasteiger partial charge in [0, 0.05) is 72.0 Å². The Morgan fingerprint density at radius 2 is 0.855 bits per heavy atom. The lowest BCUT2D eigenvalue weighted by molar-refractivity contribution is 0.648. The molecular formula is C72H50N4. The number of rotatable bonds is 4. The molecule has 4 nitrogen and oxygen atoms in total. The zero-order valence-electron chi connectivity index (χ0n) is 41.9. The van der Waals surface area contributed by atoms with Crippen LogP contribution >= 0.6 is 0 Å². The van der Waals surface area contributed by atoms with E-state index in [0.717, 1.165) is 68.7 Å². The molecule has 0 fully saturated rings. The van der Waals surface area contributed by atoms with Gasteiger partial charge in [0.2, 0.25) is 0 Å². The van der Waals surface area contributed by atoms with Crippen molar-refractivity contribution in [2.75, 3.05) is 4.90 Å². The molecule has 10 aromatic carbocycles. The van der Waals surface area contributed by atoms with Crippen LogP contribution in [0.1, 0.15) is 30.9 Å². The van der Waals surface area contributed by atoms with E-state index in [1.165, 1.54) is 92.7 Å². The van der Waals surface area contributed by atoms with Crippen molar-refractivity contribution in [1.29, 1.82) is 0 Å². The molecule has 1 unspecified atom stereocenters. The van der Waals surface area contributed by atoms with E-state index in [2.05, 4.69) is 268 Å². The molecule has 0 amide bonds. The molecule has 0 spiro atoms.